The predicted octanol–water partition coefficient (Wildman–Crippen LogP) is 4.51. The van der Waals surface area contributed by atoms with Crippen LogP contribution in [0.15, 0.2) is 64.7 Å². The van der Waals surface area contributed by atoms with Crippen LogP contribution in [0.25, 0.3) is 0 Å². The van der Waals surface area contributed by atoms with Crippen LogP contribution in [0.3, 0.4) is 0 Å². The van der Waals surface area contributed by atoms with E-state index in [1.165, 1.54) is 7.11 Å². The number of hydrogen-bond acceptors (Lipinski definition) is 5. The zero-order chi connectivity index (χ0) is 20.1. The van der Waals surface area contributed by atoms with E-state index in [0.717, 1.165) is 42.6 Å². The molecule has 28 heavy (non-hydrogen) atoms. The fourth-order valence-electron chi connectivity index (χ4n) is 3.93. The third kappa shape index (κ3) is 3.33. The van der Waals surface area contributed by atoms with Crippen molar-refractivity contribution in [3.8, 4) is 5.75 Å². The highest BCUT2D eigenvalue weighted by Gasteiger charge is 2.59. The Labute approximate surface area is 165 Å². The molecule has 1 atom stereocenters. The molecule has 0 heterocycles. The molecule has 1 aromatic rings. The standard InChI is InChI=1S/C23H25NO4/c1-4-14-23(22(26)28-3)20(16-8-6-5-7-9-16)19(21(23)25)15-24-17-10-12-18(27-2)13-11-17/h4,8,10-13,15H,1,5-7,9,14H2,2-3H3. The highest BCUT2D eigenvalue weighted by atomic mass is 16.5. The summed E-state index contributed by atoms with van der Waals surface area (Å²) in [6, 6.07) is 7.25. The minimum atomic E-state index is -1.29. The van der Waals surface area contributed by atoms with Gasteiger partial charge in [-0.2, -0.15) is 0 Å². The van der Waals surface area contributed by atoms with E-state index in [1.807, 2.05) is 24.3 Å². The zero-order valence-electron chi connectivity index (χ0n) is 16.4. The van der Waals surface area contributed by atoms with Crippen molar-refractivity contribution >= 4 is 23.7 Å². The second kappa shape index (κ2) is 8.38. The summed E-state index contributed by atoms with van der Waals surface area (Å²) in [5.74, 6) is -0.0416. The molecule has 2 aliphatic rings. The predicted molar refractivity (Wildman–Crippen MR) is 109 cm³/mol. The summed E-state index contributed by atoms with van der Waals surface area (Å²) >= 11 is 0. The third-order valence-corrected chi connectivity index (χ3v) is 5.34. The molecule has 0 aromatic heterocycles. The minimum absolute atomic E-state index is 0.227. The number of allylic oxidation sites excluding steroid dienone is 4. The summed E-state index contributed by atoms with van der Waals surface area (Å²) in [6.07, 6.45) is 9.48. The van der Waals surface area contributed by atoms with E-state index in [-0.39, 0.29) is 12.2 Å². The number of aliphatic imine (C=N–C) groups is 1. The normalized spacial score (nSPS) is 21.9. The summed E-state index contributed by atoms with van der Waals surface area (Å²) in [5.41, 5.74) is 1.70. The molecular weight excluding hydrogens is 354 g/mol. The Morgan fingerprint density at radius 3 is 2.57 bits per heavy atom. The number of hydrogen-bond donors (Lipinski definition) is 0. The number of nitrogens with zero attached hydrogens (tertiary/aromatic N) is 1. The smallest absolute Gasteiger partial charge is 0.324 e. The molecule has 0 aliphatic heterocycles. The number of methoxy groups -OCH3 is 2. The van der Waals surface area contributed by atoms with E-state index in [0.29, 0.717) is 11.3 Å². The van der Waals surface area contributed by atoms with Gasteiger partial charge in [0.05, 0.1) is 19.9 Å². The van der Waals surface area contributed by atoms with Crippen LogP contribution in [-0.4, -0.2) is 32.2 Å². The van der Waals surface area contributed by atoms with E-state index in [1.54, 1.807) is 19.4 Å². The van der Waals surface area contributed by atoms with Crippen molar-refractivity contribution in [2.24, 2.45) is 10.4 Å². The molecule has 0 amide bonds. The summed E-state index contributed by atoms with van der Waals surface area (Å²) in [5, 5.41) is 0. The first-order chi connectivity index (χ1) is 13.6. The number of carbonyl (C=O) groups excluding carboxylic acids is 2. The molecule has 3 rings (SSSR count). The number of rotatable bonds is 7. The second-order valence-electron chi connectivity index (χ2n) is 6.94. The molecule has 0 saturated heterocycles. The first kappa shape index (κ1) is 19.8. The van der Waals surface area contributed by atoms with Crippen LogP contribution in [0.5, 0.6) is 5.75 Å². The van der Waals surface area contributed by atoms with Gasteiger partial charge in [-0.1, -0.05) is 12.2 Å². The lowest BCUT2D eigenvalue weighted by molar-refractivity contribution is -0.155. The van der Waals surface area contributed by atoms with Crippen LogP contribution < -0.4 is 4.74 Å². The summed E-state index contributed by atoms with van der Waals surface area (Å²) in [6.45, 7) is 3.75. The maximum atomic E-state index is 13.1. The molecule has 0 fully saturated rings. The summed E-state index contributed by atoms with van der Waals surface area (Å²) < 4.78 is 10.2. The van der Waals surface area contributed by atoms with Crippen molar-refractivity contribution in [3.63, 3.8) is 0 Å². The number of Topliss-reactive ketones (excluding diaryl/α,β-unsaturated/α-hetero) is 1. The van der Waals surface area contributed by atoms with Gasteiger partial charge in [0.15, 0.2) is 11.2 Å². The molecule has 0 spiro atoms. The Morgan fingerprint density at radius 2 is 2.00 bits per heavy atom. The fourth-order valence-corrected chi connectivity index (χ4v) is 3.93. The van der Waals surface area contributed by atoms with Crippen LogP contribution in [0.2, 0.25) is 0 Å². The van der Waals surface area contributed by atoms with Gasteiger partial charge in [-0.25, -0.2) is 0 Å². The highest BCUT2D eigenvalue weighted by molar-refractivity contribution is 6.32. The van der Waals surface area contributed by atoms with E-state index >= 15 is 0 Å². The molecule has 0 saturated carbocycles. The van der Waals surface area contributed by atoms with Crippen LogP contribution in [0, 0.1) is 5.41 Å². The number of benzene rings is 1. The Kier molecular flexibility index (Phi) is 5.93. The molecule has 5 nitrogen and oxygen atoms in total. The van der Waals surface area contributed by atoms with Gasteiger partial charge in [-0.05, 0) is 67.5 Å². The lowest BCUT2D eigenvalue weighted by Crippen LogP contribution is -2.51. The lowest BCUT2D eigenvalue weighted by atomic mass is 9.57. The number of ketones is 1. The van der Waals surface area contributed by atoms with Gasteiger partial charge in [-0.15, -0.1) is 6.58 Å². The quantitative estimate of drug-likeness (QED) is 0.303. The zero-order valence-corrected chi connectivity index (χ0v) is 16.4. The topological polar surface area (TPSA) is 65.0 Å². The van der Waals surface area contributed by atoms with Gasteiger partial charge in [0, 0.05) is 11.8 Å². The van der Waals surface area contributed by atoms with Gasteiger partial charge in [0.1, 0.15) is 5.75 Å². The van der Waals surface area contributed by atoms with E-state index in [4.69, 9.17) is 9.47 Å². The molecule has 1 unspecified atom stereocenters. The maximum absolute atomic E-state index is 13.1. The Bertz CT molecular complexity index is 876. The summed E-state index contributed by atoms with van der Waals surface area (Å²) in [7, 11) is 2.92. The van der Waals surface area contributed by atoms with Crippen LogP contribution in [-0.2, 0) is 14.3 Å². The van der Waals surface area contributed by atoms with Crippen molar-refractivity contribution in [1.82, 2.24) is 0 Å². The number of ether oxygens (including phenoxy) is 2. The number of carbonyl (C=O) groups is 2. The fraction of sp³-hybridized carbons (Fsp3) is 0.348. The molecule has 5 heteroatoms. The molecule has 0 bridgehead atoms. The van der Waals surface area contributed by atoms with Gasteiger partial charge in [-0.3, -0.25) is 14.6 Å². The molecule has 1 aromatic carbocycles. The van der Waals surface area contributed by atoms with Gasteiger partial charge < -0.3 is 9.47 Å². The molecule has 146 valence electrons. The highest BCUT2D eigenvalue weighted by Crippen LogP contribution is 2.51. The first-order valence-corrected chi connectivity index (χ1v) is 9.45. The Morgan fingerprint density at radius 1 is 1.25 bits per heavy atom. The number of esters is 1. The third-order valence-electron chi connectivity index (χ3n) is 5.34. The van der Waals surface area contributed by atoms with Crippen LogP contribution in [0.1, 0.15) is 32.1 Å². The molecule has 0 radical (unpaired) electrons. The SMILES string of the molecule is C=CCC1(C(=O)OC)C(=O)C(C=Nc2ccc(OC)cc2)=C1C1=CCCCC1. The Balaban J connectivity index is 2.05. The van der Waals surface area contributed by atoms with Gasteiger partial charge >= 0.3 is 5.97 Å². The Hall–Kier alpha value is -2.95. The van der Waals surface area contributed by atoms with E-state index in [2.05, 4.69) is 17.6 Å². The van der Waals surface area contributed by atoms with Gasteiger partial charge in [0.25, 0.3) is 0 Å². The monoisotopic (exact) mass is 379 g/mol. The van der Waals surface area contributed by atoms with Crippen molar-refractivity contribution in [1.29, 1.82) is 0 Å². The largest absolute Gasteiger partial charge is 0.497 e. The van der Waals surface area contributed by atoms with E-state index < -0.39 is 11.4 Å². The van der Waals surface area contributed by atoms with Crippen molar-refractivity contribution in [3.05, 3.63) is 59.7 Å². The van der Waals surface area contributed by atoms with Crippen molar-refractivity contribution in [2.75, 3.05) is 14.2 Å². The average Bonchev–Trinajstić information content (AvgIpc) is 2.75. The molecular formula is C23H25NO4. The van der Waals surface area contributed by atoms with E-state index in [9.17, 15) is 9.59 Å². The lowest BCUT2D eigenvalue weighted by Gasteiger charge is -2.42. The maximum Gasteiger partial charge on any atom is 0.324 e. The van der Waals surface area contributed by atoms with Crippen molar-refractivity contribution < 1.29 is 19.1 Å². The van der Waals surface area contributed by atoms with Crippen LogP contribution in [0.4, 0.5) is 5.69 Å². The molecule has 2 aliphatic carbocycles. The van der Waals surface area contributed by atoms with Gasteiger partial charge in [0.2, 0.25) is 0 Å². The first-order valence-electron chi connectivity index (χ1n) is 9.45. The summed E-state index contributed by atoms with van der Waals surface area (Å²) in [4.78, 5) is 30.2. The second-order valence-corrected chi connectivity index (χ2v) is 6.94. The van der Waals surface area contributed by atoms with Crippen LogP contribution >= 0.6 is 0 Å². The minimum Gasteiger partial charge on any atom is -0.497 e. The van der Waals surface area contributed by atoms with Crippen molar-refractivity contribution in [2.45, 2.75) is 32.1 Å². The average molecular weight is 379 g/mol. The molecule has 0 N–H and O–H groups in total.